The van der Waals surface area contributed by atoms with Crippen LogP contribution in [0.5, 0.6) is 0 Å². The van der Waals surface area contributed by atoms with Crippen LogP contribution in [0.4, 0.5) is 17.1 Å². The van der Waals surface area contributed by atoms with Crippen molar-refractivity contribution in [2.45, 2.75) is 24.0 Å². The Morgan fingerprint density at radius 2 is 1.38 bits per heavy atom. The molecule has 32 heavy (non-hydrogen) atoms. The first kappa shape index (κ1) is 23.4. The van der Waals surface area contributed by atoms with E-state index in [1.807, 2.05) is 19.1 Å². The van der Waals surface area contributed by atoms with Crippen molar-refractivity contribution in [3.63, 3.8) is 0 Å². The lowest BCUT2D eigenvalue weighted by atomic mass is 10.2. The number of hydrogen-bond acceptors (Lipinski definition) is 4. The van der Waals surface area contributed by atoms with Gasteiger partial charge in [0.2, 0.25) is 11.8 Å². The average molecular weight is 468 g/mol. The summed E-state index contributed by atoms with van der Waals surface area (Å²) in [7, 11) is 0. The summed E-state index contributed by atoms with van der Waals surface area (Å²) in [4.78, 5) is 36.8. The third kappa shape index (κ3) is 6.87. The number of carbonyl (C=O) groups is 3. The molecular formula is C24H22ClN3O3S. The molecule has 0 radical (unpaired) electrons. The Morgan fingerprint density at radius 1 is 0.812 bits per heavy atom. The normalized spacial score (nSPS) is 11.3. The Labute approximate surface area is 195 Å². The number of amides is 3. The minimum absolute atomic E-state index is 0.138. The molecule has 0 heterocycles. The molecule has 0 spiro atoms. The molecule has 0 aromatic heterocycles. The van der Waals surface area contributed by atoms with Gasteiger partial charge in [0.1, 0.15) is 0 Å². The SMILES string of the molecule is CC(=O)Nc1ccc(NC(=O)C(C)Sc2ccc(NC(=O)c3cccc(Cl)c3)cc2)cc1. The molecule has 3 aromatic carbocycles. The number of thioether (sulfide) groups is 1. The molecule has 0 aliphatic carbocycles. The molecule has 6 nitrogen and oxygen atoms in total. The Kier molecular flexibility index (Phi) is 7.92. The summed E-state index contributed by atoms with van der Waals surface area (Å²) in [6.45, 7) is 3.26. The van der Waals surface area contributed by atoms with E-state index < -0.39 is 0 Å². The summed E-state index contributed by atoms with van der Waals surface area (Å²) < 4.78 is 0. The highest BCUT2D eigenvalue weighted by Gasteiger charge is 2.15. The monoisotopic (exact) mass is 467 g/mol. The quantitative estimate of drug-likeness (QED) is 0.391. The number of hydrogen-bond donors (Lipinski definition) is 3. The van der Waals surface area contributed by atoms with E-state index >= 15 is 0 Å². The molecule has 0 saturated heterocycles. The Balaban J connectivity index is 1.53. The first-order valence-corrected chi connectivity index (χ1v) is 11.1. The topological polar surface area (TPSA) is 87.3 Å². The lowest BCUT2D eigenvalue weighted by Crippen LogP contribution is -2.22. The zero-order valence-electron chi connectivity index (χ0n) is 17.5. The third-order valence-corrected chi connectivity index (χ3v) is 5.70. The van der Waals surface area contributed by atoms with Crippen molar-refractivity contribution < 1.29 is 14.4 Å². The van der Waals surface area contributed by atoms with Gasteiger partial charge >= 0.3 is 0 Å². The first-order valence-electron chi connectivity index (χ1n) is 9.82. The van der Waals surface area contributed by atoms with Crippen LogP contribution >= 0.6 is 23.4 Å². The largest absolute Gasteiger partial charge is 0.326 e. The lowest BCUT2D eigenvalue weighted by molar-refractivity contribution is -0.115. The van der Waals surface area contributed by atoms with Gasteiger partial charge in [-0.25, -0.2) is 0 Å². The summed E-state index contributed by atoms with van der Waals surface area (Å²) in [5.41, 5.74) is 2.44. The van der Waals surface area contributed by atoms with Gasteiger partial charge in [-0.15, -0.1) is 11.8 Å². The van der Waals surface area contributed by atoms with E-state index in [-0.39, 0.29) is 23.0 Å². The highest BCUT2D eigenvalue weighted by Crippen LogP contribution is 2.26. The van der Waals surface area contributed by atoms with Crippen LogP contribution in [0.1, 0.15) is 24.2 Å². The van der Waals surface area contributed by atoms with Crippen molar-refractivity contribution in [1.82, 2.24) is 0 Å². The molecule has 3 aromatic rings. The Morgan fingerprint density at radius 3 is 1.97 bits per heavy atom. The predicted octanol–water partition coefficient (Wildman–Crippen LogP) is 5.67. The molecule has 1 atom stereocenters. The van der Waals surface area contributed by atoms with Crippen molar-refractivity contribution in [3.05, 3.63) is 83.4 Å². The second-order valence-electron chi connectivity index (χ2n) is 7.00. The van der Waals surface area contributed by atoms with Gasteiger partial charge in [-0.2, -0.15) is 0 Å². The van der Waals surface area contributed by atoms with Crippen LogP contribution in [-0.4, -0.2) is 23.0 Å². The van der Waals surface area contributed by atoms with Crippen LogP contribution < -0.4 is 16.0 Å². The Bertz CT molecular complexity index is 1120. The summed E-state index contributed by atoms with van der Waals surface area (Å²) in [5.74, 6) is -0.535. The number of benzene rings is 3. The van der Waals surface area contributed by atoms with Crippen molar-refractivity contribution >= 4 is 58.1 Å². The molecular weight excluding hydrogens is 446 g/mol. The highest BCUT2D eigenvalue weighted by molar-refractivity contribution is 8.00. The van der Waals surface area contributed by atoms with Gasteiger partial charge in [0.05, 0.1) is 5.25 Å². The molecule has 3 N–H and O–H groups in total. The second-order valence-corrected chi connectivity index (χ2v) is 8.85. The molecule has 164 valence electrons. The fourth-order valence-corrected chi connectivity index (χ4v) is 3.85. The number of halogens is 1. The van der Waals surface area contributed by atoms with Crippen molar-refractivity contribution in [2.75, 3.05) is 16.0 Å². The highest BCUT2D eigenvalue weighted by atomic mass is 35.5. The minimum atomic E-state index is -0.336. The van der Waals surface area contributed by atoms with E-state index in [0.29, 0.717) is 27.6 Å². The smallest absolute Gasteiger partial charge is 0.255 e. The summed E-state index contributed by atoms with van der Waals surface area (Å²) in [5, 5.41) is 8.53. The zero-order valence-corrected chi connectivity index (χ0v) is 19.1. The average Bonchev–Trinajstić information content (AvgIpc) is 2.76. The third-order valence-electron chi connectivity index (χ3n) is 4.35. The molecule has 8 heteroatoms. The Hall–Kier alpha value is -3.29. The fourth-order valence-electron chi connectivity index (χ4n) is 2.79. The molecule has 0 aliphatic rings. The van der Waals surface area contributed by atoms with Gasteiger partial charge in [-0.05, 0) is 73.7 Å². The first-order chi connectivity index (χ1) is 15.3. The van der Waals surface area contributed by atoms with Crippen LogP contribution in [0, 0.1) is 0 Å². The van der Waals surface area contributed by atoms with Crippen LogP contribution in [-0.2, 0) is 9.59 Å². The van der Waals surface area contributed by atoms with E-state index in [0.717, 1.165) is 4.90 Å². The van der Waals surface area contributed by atoms with Gasteiger partial charge in [-0.3, -0.25) is 14.4 Å². The second kappa shape index (κ2) is 10.8. The molecule has 0 aliphatic heterocycles. The van der Waals surface area contributed by atoms with Gasteiger partial charge in [-0.1, -0.05) is 17.7 Å². The van der Waals surface area contributed by atoms with Crippen molar-refractivity contribution in [2.24, 2.45) is 0 Å². The molecule has 3 amide bonds. The van der Waals surface area contributed by atoms with Gasteiger partial charge in [0, 0.05) is 39.5 Å². The fraction of sp³-hybridized carbons (Fsp3) is 0.125. The summed E-state index contributed by atoms with van der Waals surface area (Å²) in [6.07, 6.45) is 0. The van der Waals surface area contributed by atoms with E-state index in [4.69, 9.17) is 11.6 Å². The summed E-state index contributed by atoms with van der Waals surface area (Å²) in [6, 6.07) is 20.9. The molecule has 0 saturated carbocycles. The number of nitrogens with one attached hydrogen (secondary N) is 3. The predicted molar refractivity (Wildman–Crippen MR) is 131 cm³/mol. The van der Waals surface area contributed by atoms with E-state index in [1.54, 1.807) is 60.7 Å². The van der Waals surface area contributed by atoms with Gasteiger partial charge in [0.15, 0.2) is 0 Å². The van der Waals surface area contributed by atoms with Crippen LogP contribution in [0.15, 0.2) is 77.7 Å². The maximum absolute atomic E-state index is 12.5. The molecule has 0 fully saturated rings. The van der Waals surface area contributed by atoms with Crippen molar-refractivity contribution in [1.29, 1.82) is 0 Å². The number of anilines is 3. The standard InChI is InChI=1S/C24H22ClN3O3S/c1-15(23(30)27-20-8-6-19(7-9-20)26-16(2)29)32-22-12-10-21(11-13-22)28-24(31)17-4-3-5-18(25)14-17/h3-15H,1-2H3,(H,26,29)(H,27,30)(H,28,31). The summed E-state index contributed by atoms with van der Waals surface area (Å²) >= 11 is 7.34. The van der Waals surface area contributed by atoms with Crippen molar-refractivity contribution in [3.8, 4) is 0 Å². The van der Waals surface area contributed by atoms with Crippen LogP contribution in [0.3, 0.4) is 0 Å². The van der Waals surface area contributed by atoms with E-state index in [1.165, 1.54) is 18.7 Å². The lowest BCUT2D eigenvalue weighted by Gasteiger charge is -2.13. The maximum Gasteiger partial charge on any atom is 0.255 e. The molecule has 0 bridgehead atoms. The van der Waals surface area contributed by atoms with E-state index in [9.17, 15) is 14.4 Å². The molecule has 1 unspecified atom stereocenters. The van der Waals surface area contributed by atoms with Gasteiger partial charge < -0.3 is 16.0 Å². The zero-order chi connectivity index (χ0) is 23.1. The maximum atomic E-state index is 12.5. The van der Waals surface area contributed by atoms with Crippen LogP contribution in [0.25, 0.3) is 0 Å². The molecule has 3 rings (SSSR count). The minimum Gasteiger partial charge on any atom is -0.326 e. The van der Waals surface area contributed by atoms with Crippen LogP contribution in [0.2, 0.25) is 5.02 Å². The number of rotatable bonds is 7. The van der Waals surface area contributed by atoms with E-state index in [2.05, 4.69) is 16.0 Å². The van der Waals surface area contributed by atoms with Gasteiger partial charge in [0.25, 0.3) is 5.91 Å². The number of carbonyl (C=O) groups excluding carboxylic acids is 3.